The number of nitrogens with zero attached hydrogens (tertiary/aromatic N) is 1. The summed E-state index contributed by atoms with van der Waals surface area (Å²) in [5.74, 6) is 0. The first kappa shape index (κ1) is 11.2. The average molecular weight is 224 g/mol. The van der Waals surface area contributed by atoms with Crippen molar-refractivity contribution in [2.45, 2.75) is 13.2 Å². The van der Waals surface area contributed by atoms with Crippen LogP contribution in [0.5, 0.6) is 0 Å². The Morgan fingerprint density at radius 1 is 1.36 bits per heavy atom. The predicted molar refractivity (Wildman–Crippen MR) is 50.5 cm³/mol. The fraction of sp³-hybridized carbons (Fsp3) is 0.333. The van der Waals surface area contributed by atoms with Crippen molar-refractivity contribution < 1.29 is 13.2 Å². The van der Waals surface area contributed by atoms with Gasteiger partial charge in [-0.1, -0.05) is 17.7 Å². The Morgan fingerprint density at radius 2 is 2.00 bits per heavy atom. The molecule has 1 nitrogen and oxygen atoms in total. The van der Waals surface area contributed by atoms with E-state index < -0.39 is 6.30 Å². The molecule has 0 aliphatic heterocycles. The highest BCUT2D eigenvalue weighted by molar-refractivity contribution is 6.30. The topological polar surface area (TPSA) is 3.24 Å². The molecule has 0 aromatic heterocycles. The summed E-state index contributed by atoms with van der Waals surface area (Å²) < 4.78 is 37.3. The Bertz CT molecular complexity index is 311. The Labute approximate surface area is 85.1 Å². The van der Waals surface area contributed by atoms with Crippen molar-refractivity contribution >= 4 is 17.3 Å². The Morgan fingerprint density at radius 3 is 2.43 bits per heavy atom. The zero-order chi connectivity index (χ0) is 10.8. The van der Waals surface area contributed by atoms with Gasteiger partial charge in [0.15, 0.2) is 0 Å². The van der Waals surface area contributed by atoms with Crippen molar-refractivity contribution in [2.24, 2.45) is 0 Å². The summed E-state index contributed by atoms with van der Waals surface area (Å²) >= 11 is 5.60. The SMILES string of the molecule is CCN(c1cccc(Cl)c1)C(F)(F)F. The van der Waals surface area contributed by atoms with E-state index >= 15 is 0 Å². The average Bonchev–Trinajstić information content (AvgIpc) is 2.02. The lowest BCUT2D eigenvalue weighted by atomic mass is 10.3. The highest BCUT2D eigenvalue weighted by Gasteiger charge is 2.36. The lowest BCUT2D eigenvalue weighted by Gasteiger charge is -2.25. The zero-order valence-electron chi connectivity index (χ0n) is 7.48. The number of halogens is 4. The number of alkyl halides is 3. The first-order chi connectivity index (χ1) is 6.45. The second kappa shape index (κ2) is 4.09. The molecule has 0 bridgehead atoms. The molecule has 0 fully saturated rings. The van der Waals surface area contributed by atoms with Gasteiger partial charge in [-0.2, -0.15) is 13.2 Å². The van der Waals surface area contributed by atoms with Crippen molar-refractivity contribution in [2.75, 3.05) is 11.4 Å². The minimum atomic E-state index is -4.36. The summed E-state index contributed by atoms with van der Waals surface area (Å²) in [6, 6.07) is 5.70. The lowest BCUT2D eigenvalue weighted by molar-refractivity contribution is -0.128. The smallest absolute Gasteiger partial charge is 0.284 e. The minimum Gasteiger partial charge on any atom is -0.284 e. The molecule has 1 aromatic rings. The maximum Gasteiger partial charge on any atom is 0.484 e. The molecule has 0 heterocycles. The van der Waals surface area contributed by atoms with E-state index in [1.165, 1.54) is 31.2 Å². The van der Waals surface area contributed by atoms with Crippen LogP contribution in [-0.2, 0) is 0 Å². The van der Waals surface area contributed by atoms with Gasteiger partial charge < -0.3 is 0 Å². The highest BCUT2D eigenvalue weighted by Crippen LogP contribution is 2.29. The van der Waals surface area contributed by atoms with E-state index in [2.05, 4.69) is 0 Å². The molecule has 0 amide bonds. The van der Waals surface area contributed by atoms with Crippen molar-refractivity contribution in [1.82, 2.24) is 0 Å². The molecule has 1 rings (SSSR count). The molecule has 0 spiro atoms. The fourth-order valence-electron chi connectivity index (χ4n) is 1.15. The first-order valence-electron chi connectivity index (χ1n) is 4.05. The van der Waals surface area contributed by atoms with Gasteiger partial charge in [0.2, 0.25) is 0 Å². The molecule has 5 heteroatoms. The third kappa shape index (κ3) is 2.54. The molecule has 0 atom stereocenters. The van der Waals surface area contributed by atoms with Crippen LogP contribution in [0.1, 0.15) is 6.92 Å². The zero-order valence-corrected chi connectivity index (χ0v) is 8.23. The number of rotatable bonds is 2. The molecule has 1 aromatic carbocycles. The second-order valence-corrected chi connectivity index (χ2v) is 3.13. The summed E-state index contributed by atoms with van der Waals surface area (Å²) in [4.78, 5) is 0.332. The number of benzene rings is 1. The third-order valence-corrected chi connectivity index (χ3v) is 1.98. The van der Waals surface area contributed by atoms with Crippen LogP contribution < -0.4 is 4.90 Å². The number of hydrogen-bond acceptors (Lipinski definition) is 1. The van der Waals surface area contributed by atoms with Gasteiger partial charge in [-0.15, -0.1) is 0 Å². The van der Waals surface area contributed by atoms with Crippen LogP contribution in [0.25, 0.3) is 0 Å². The minimum absolute atomic E-state index is 0.0625. The van der Waals surface area contributed by atoms with Gasteiger partial charge in [-0.05, 0) is 25.1 Å². The summed E-state index contributed by atoms with van der Waals surface area (Å²) in [5, 5.41) is 0.296. The molecule has 0 N–H and O–H groups in total. The van der Waals surface area contributed by atoms with Gasteiger partial charge in [0, 0.05) is 17.3 Å². The van der Waals surface area contributed by atoms with E-state index in [0.29, 0.717) is 9.92 Å². The molecular weight excluding hydrogens is 215 g/mol. The van der Waals surface area contributed by atoms with Crippen LogP contribution in [0, 0.1) is 0 Å². The van der Waals surface area contributed by atoms with Gasteiger partial charge in [-0.25, -0.2) is 0 Å². The standard InChI is InChI=1S/C9H9ClF3N/c1-2-14(9(11,12)13)8-5-3-4-7(10)6-8/h3-6H,2H2,1H3. The molecular formula is C9H9ClF3N. The molecule has 0 saturated carbocycles. The van der Waals surface area contributed by atoms with Gasteiger partial charge in [0.25, 0.3) is 0 Å². The molecule has 0 radical (unpaired) electrons. The van der Waals surface area contributed by atoms with Crippen LogP contribution in [-0.4, -0.2) is 12.8 Å². The summed E-state index contributed by atoms with van der Waals surface area (Å²) in [5.41, 5.74) is 0.0625. The highest BCUT2D eigenvalue weighted by atomic mass is 35.5. The normalized spacial score (nSPS) is 11.5. The van der Waals surface area contributed by atoms with Gasteiger partial charge in [0.1, 0.15) is 0 Å². The fourth-order valence-corrected chi connectivity index (χ4v) is 1.34. The van der Waals surface area contributed by atoms with E-state index in [-0.39, 0.29) is 12.2 Å². The van der Waals surface area contributed by atoms with E-state index in [0.717, 1.165) is 0 Å². The molecule has 0 saturated heterocycles. The van der Waals surface area contributed by atoms with Crippen molar-refractivity contribution in [3.8, 4) is 0 Å². The molecule has 0 unspecified atom stereocenters. The first-order valence-corrected chi connectivity index (χ1v) is 4.43. The lowest BCUT2D eigenvalue weighted by Crippen LogP contribution is -2.37. The van der Waals surface area contributed by atoms with Crippen LogP contribution in [0.15, 0.2) is 24.3 Å². The molecule has 0 aliphatic rings. The monoisotopic (exact) mass is 223 g/mol. The number of hydrogen-bond donors (Lipinski definition) is 0. The maximum absolute atomic E-state index is 12.4. The Kier molecular flexibility index (Phi) is 3.26. The molecule has 78 valence electrons. The summed E-state index contributed by atoms with van der Waals surface area (Å²) in [7, 11) is 0. The van der Waals surface area contributed by atoms with Gasteiger partial charge in [-0.3, -0.25) is 4.90 Å². The molecule has 0 aliphatic carbocycles. The summed E-state index contributed by atoms with van der Waals surface area (Å²) in [6.07, 6.45) is -4.36. The predicted octanol–water partition coefficient (Wildman–Crippen LogP) is 3.69. The largest absolute Gasteiger partial charge is 0.484 e. The van der Waals surface area contributed by atoms with E-state index in [1.54, 1.807) is 0 Å². The quantitative estimate of drug-likeness (QED) is 0.692. The Hall–Kier alpha value is -0.900. The number of anilines is 1. The van der Waals surface area contributed by atoms with E-state index in [1.807, 2.05) is 0 Å². The Balaban J connectivity index is 3.01. The van der Waals surface area contributed by atoms with Crippen molar-refractivity contribution in [3.05, 3.63) is 29.3 Å². The van der Waals surface area contributed by atoms with Crippen molar-refractivity contribution in [1.29, 1.82) is 0 Å². The van der Waals surface area contributed by atoms with Crippen LogP contribution in [0.3, 0.4) is 0 Å². The molecule has 14 heavy (non-hydrogen) atoms. The van der Waals surface area contributed by atoms with Gasteiger partial charge in [0.05, 0.1) is 0 Å². The van der Waals surface area contributed by atoms with Crippen LogP contribution in [0.2, 0.25) is 5.02 Å². The van der Waals surface area contributed by atoms with E-state index in [4.69, 9.17) is 11.6 Å². The maximum atomic E-state index is 12.4. The van der Waals surface area contributed by atoms with Crippen LogP contribution in [0.4, 0.5) is 18.9 Å². The second-order valence-electron chi connectivity index (χ2n) is 2.69. The third-order valence-electron chi connectivity index (χ3n) is 1.74. The van der Waals surface area contributed by atoms with Gasteiger partial charge >= 0.3 is 6.30 Å². The van der Waals surface area contributed by atoms with E-state index in [9.17, 15) is 13.2 Å². The van der Waals surface area contributed by atoms with Crippen molar-refractivity contribution in [3.63, 3.8) is 0 Å². The summed E-state index contributed by atoms with van der Waals surface area (Å²) in [6.45, 7) is 1.30. The van der Waals surface area contributed by atoms with Crippen LogP contribution >= 0.6 is 11.6 Å².